The number of piperazine rings is 1. The lowest BCUT2D eigenvalue weighted by molar-refractivity contribution is 0.139. The van der Waals surface area contributed by atoms with Crippen LogP contribution in [0.3, 0.4) is 0 Å². The fourth-order valence-corrected chi connectivity index (χ4v) is 4.31. The molecule has 156 valence electrons. The first-order valence-electron chi connectivity index (χ1n) is 11.1. The molecule has 2 fully saturated rings. The van der Waals surface area contributed by atoms with E-state index in [0.29, 0.717) is 5.92 Å². The van der Waals surface area contributed by atoms with E-state index in [4.69, 9.17) is 4.99 Å². The third-order valence-electron chi connectivity index (χ3n) is 6.36. The van der Waals surface area contributed by atoms with Crippen LogP contribution in [0.15, 0.2) is 35.3 Å². The molecule has 1 aliphatic heterocycles. The molecule has 2 N–H and O–H groups in total. The van der Waals surface area contributed by atoms with E-state index in [1.54, 1.807) is 0 Å². The van der Waals surface area contributed by atoms with Crippen LogP contribution in [0.1, 0.15) is 38.7 Å². The SMILES string of the molecule is CCNC(=NCC1(c2ccccc2)CCC1)NCC(C)CN1CCN(C)CC1. The number of hydrogen-bond donors (Lipinski definition) is 2. The van der Waals surface area contributed by atoms with Crippen molar-refractivity contribution in [1.82, 2.24) is 20.4 Å². The van der Waals surface area contributed by atoms with E-state index in [-0.39, 0.29) is 5.41 Å². The van der Waals surface area contributed by atoms with Crippen molar-refractivity contribution in [2.45, 2.75) is 38.5 Å². The maximum Gasteiger partial charge on any atom is 0.191 e. The van der Waals surface area contributed by atoms with Crippen molar-refractivity contribution in [3.05, 3.63) is 35.9 Å². The molecule has 1 saturated carbocycles. The molecule has 1 aromatic rings. The minimum Gasteiger partial charge on any atom is -0.357 e. The topological polar surface area (TPSA) is 42.9 Å². The lowest BCUT2D eigenvalue weighted by Crippen LogP contribution is -2.48. The second kappa shape index (κ2) is 10.3. The summed E-state index contributed by atoms with van der Waals surface area (Å²) >= 11 is 0. The van der Waals surface area contributed by atoms with Crippen molar-refractivity contribution < 1.29 is 0 Å². The Morgan fingerprint density at radius 2 is 1.82 bits per heavy atom. The Hall–Kier alpha value is -1.59. The van der Waals surface area contributed by atoms with Gasteiger partial charge in [-0.15, -0.1) is 0 Å². The van der Waals surface area contributed by atoms with Crippen LogP contribution < -0.4 is 10.6 Å². The first-order valence-corrected chi connectivity index (χ1v) is 11.1. The van der Waals surface area contributed by atoms with E-state index in [1.807, 2.05) is 0 Å². The molecule has 1 aromatic carbocycles. The van der Waals surface area contributed by atoms with Gasteiger partial charge in [0.05, 0.1) is 6.54 Å². The van der Waals surface area contributed by atoms with Gasteiger partial charge in [-0.3, -0.25) is 4.99 Å². The molecule has 5 heteroatoms. The van der Waals surface area contributed by atoms with Gasteiger partial charge in [0.1, 0.15) is 0 Å². The molecule has 0 aromatic heterocycles. The summed E-state index contributed by atoms with van der Waals surface area (Å²) in [6, 6.07) is 11.0. The number of benzene rings is 1. The fourth-order valence-electron chi connectivity index (χ4n) is 4.31. The van der Waals surface area contributed by atoms with Crippen molar-refractivity contribution in [2.75, 3.05) is 59.4 Å². The Morgan fingerprint density at radius 3 is 2.43 bits per heavy atom. The van der Waals surface area contributed by atoms with E-state index >= 15 is 0 Å². The summed E-state index contributed by atoms with van der Waals surface area (Å²) in [5.41, 5.74) is 1.69. The number of aliphatic imine (C=N–C) groups is 1. The Bertz CT molecular complexity index is 603. The van der Waals surface area contributed by atoms with Crippen LogP contribution in [0.2, 0.25) is 0 Å². The van der Waals surface area contributed by atoms with Crippen molar-refractivity contribution in [1.29, 1.82) is 0 Å². The third kappa shape index (κ3) is 5.71. The van der Waals surface area contributed by atoms with Gasteiger partial charge in [-0.05, 0) is 38.3 Å². The molecule has 1 atom stereocenters. The fraction of sp³-hybridized carbons (Fsp3) is 0.696. The number of nitrogens with one attached hydrogen (secondary N) is 2. The summed E-state index contributed by atoms with van der Waals surface area (Å²) in [6.45, 7) is 13.1. The van der Waals surface area contributed by atoms with Crippen LogP contribution in [-0.2, 0) is 5.41 Å². The van der Waals surface area contributed by atoms with E-state index < -0.39 is 0 Å². The lowest BCUT2D eigenvalue weighted by atomic mass is 9.64. The maximum absolute atomic E-state index is 4.99. The largest absolute Gasteiger partial charge is 0.357 e. The third-order valence-corrected chi connectivity index (χ3v) is 6.36. The highest BCUT2D eigenvalue weighted by molar-refractivity contribution is 5.79. The zero-order valence-electron chi connectivity index (χ0n) is 18.1. The number of hydrogen-bond acceptors (Lipinski definition) is 3. The Balaban J connectivity index is 1.51. The average Bonchev–Trinajstić information content (AvgIpc) is 2.68. The predicted octanol–water partition coefficient (Wildman–Crippen LogP) is 2.55. The molecule has 28 heavy (non-hydrogen) atoms. The lowest BCUT2D eigenvalue weighted by Gasteiger charge is -2.41. The summed E-state index contributed by atoms with van der Waals surface area (Å²) in [7, 11) is 2.21. The monoisotopic (exact) mass is 385 g/mol. The van der Waals surface area contributed by atoms with E-state index in [9.17, 15) is 0 Å². The van der Waals surface area contributed by atoms with Crippen LogP contribution in [0, 0.1) is 5.92 Å². The molecule has 1 aliphatic carbocycles. The second-order valence-electron chi connectivity index (χ2n) is 8.79. The standard InChI is InChI=1S/C23H39N5/c1-4-24-22(25-17-20(2)18-28-15-13-27(3)14-16-28)26-19-23(11-8-12-23)21-9-6-5-7-10-21/h5-7,9-10,20H,4,8,11-19H2,1-3H3,(H2,24,25,26). The molecule has 0 bridgehead atoms. The Labute approximate surface area is 171 Å². The van der Waals surface area contributed by atoms with Gasteiger partial charge in [-0.25, -0.2) is 0 Å². The van der Waals surface area contributed by atoms with Gasteiger partial charge < -0.3 is 20.4 Å². The zero-order valence-corrected chi connectivity index (χ0v) is 18.1. The van der Waals surface area contributed by atoms with Gasteiger partial charge in [0.2, 0.25) is 0 Å². The highest BCUT2D eigenvalue weighted by Gasteiger charge is 2.38. The number of guanidine groups is 1. The van der Waals surface area contributed by atoms with Crippen LogP contribution in [-0.4, -0.2) is 75.2 Å². The van der Waals surface area contributed by atoms with Crippen molar-refractivity contribution >= 4 is 5.96 Å². The van der Waals surface area contributed by atoms with Gasteiger partial charge in [0.25, 0.3) is 0 Å². The minimum atomic E-state index is 0.245. The summed E-state index contributed by atoms with van der Waals surface area (Å²) < 4.78 is 0. The smallest absolute Gasteiger partial charge is 0.191 e. The van der Waals surface area contributed by atoms with Crippen LogP contribution in [0.5, 0.6) is 0 Å². The molecule has 0 radical (unpaired) electrons. The molecular weight excluding hydrogens is 346 g/mol. The first-order chi connectivity index (χ1) is 13.6. The maximum atomic E-state index is 4.99. The molecule has 1 saturated heterocycles. The summed E-state index contributed by atoms with van der Waals surface area (Å²) in [5, 5.41) is 7.03. The quantitative estimate of drug-likeness (QED) is 0.533. The van der Waals surface area contributed by atoms with E-state index in [1.165, 1.54) is 51.0 Å². The number of likely N-dealkylation sites (N-methyl/N-ethyl adjacent to an activating group) is 1. The second-order valence-corrected chi connectivity index (χ2v) is 8.79. The molecule has 1 unspecified atom stereocenters. The highest BCUT2D eigenvalue weighted by Crippen LogP contribution is 2.43. The van der Waals surface area contributed by atoms with Crippen LogP contribution in [0.25, 0.3) is 0 Å². The highest BCUT2D eigenvalue weighted by atomic mass is 15.2. The Kier molecular flexibility index (Phi) is 7.74. The summed E-state index contributed by atoms with van der Waals surface area (Å²) in [4.78, 5) is 9.99. The minimum absolute atomic E-state index is 0.245. The molecule has 0 amide bonds. The van der Waals surface area contributed by atoms with Crippen LogP contribution in [0.4, 0.5) is 0 Å². The molecular formula is C23H39N5. The van der Waals surface area contributed by atoms with Gasteiger partial charge in [0, 0.05) is 51.2 Å². The normalized spacial score (nSPS) is 21.8. The first kappa shape index (κ1) is 21.1. The molecule has 1 heterocycles. The summed E-state index contributed by atoms with van der Waals surface area (Å²) in [5.74, 6) is 1.58. The molecule has 0 spiro atoms. The van der Waals surface area contributed by atoms with Crippen molar-refractivity contribution in [3.8, 4) is 0 Å². The Morgan fingerprint density at radius 1 is 1.11 bits per heavy atom. The molecule has 2 aliphatic rings. The predicted molar refractivity (Wildman–Crippen MR) is 119 cm³/mol. The van der Waals surface area contributed by atoms with Gasteiger partial charge in [0.15, 0.2) is 5.96 Å². The van der Waals surface area contributed by atoms with E-state index in [2.05, 4.69) is 71.7 Å². The average molecular weight is 386 g/mol. The van der Waals surface area contributed by atoms with Gasteiger partial charge in [-0.2, -0.15) is 0 Å². The van der Waals surface area contributed by atoms with Crippen molar-refractivity contribution in [2.24, 2.45) is 10.9 Å². The van der Waals surface area contributed by atoms with Gasteiger partial charge >= 0.3 is 0 Å². The van der Waals surface area contributed by atoms with Crippen molar-refractivity contribution in [3.63, 3.8) is 0 Å². The number of rotatable bonds is 8. The molecule has 3 rings (SSSR count). The number of nitrogens with zero attached hydrogens (tertiary/aromatic N) is 3. The zero-order chi connectivity index (χ0) is 19.8. The van der Waals surface area contributed by atoms with Crippen LogP contribution >= 0.6 is 0 Å². The van der Waals surface area contributed by atoms with Gasteiger partial charge in [-0.1, -0.05) is 43.7 Å². The summed E-state index contributed by atoms with van der Waals surface area (Å²) in [6.07, 6.45) is 3.82. The molecule has 5 nitrogen and oxygen atoms in total. The van der Waals surface area contributed by atoms with E-state index in [0.717, 1.165) is 32.1 Å².